The predicted octanol–water partition coefficient (Wildman–Crippen LogP) is 4.51. The maximum absolute atomic E-state index is 13.3. The highest BCUT2D eigenvalue weighted by Gasteiger charge is 2.52. The van der Waals surface area contributed by atoms with Crippen LogP contribution in [0.3, 0.4) is 0 Å². The van der Waals surface area contributed by atoms with Crippen molar-refractivity contribution in [3.63, 3.8) is 0 Å². The molecule has 0 spiro atoms. The molecule has 8 rings (SSSR count). The second kappa shape index (κ2) is 8.95. The Bertz CT molecular complexity index is 1520. The molecule has 4 fully saturated rings. The van der Waals surface area contributed by atoms with Crippen LogP contribution in [0.25, 0.3) is 21.8 Å². The number of aromatic amines is 1. The number of nitrogens with two attached hydrogens (primary N) is 1. The zero-order valence-corrected chi connectivity index (χ0v) is 21.4. The van der Waals surface area contributed by atoms with Crippen LogP contribution in [0.2, 0.25) is 0 Å². The fourth-order valence-corrected chi connectivity index (χ4v) is 8.08. The average molecular weight is 508 g/mol. The van der Waals surface area contributed by atoms with Gasteiger partial charge in [-0.15, -0.1) is 0 Å². The van der Waals surface area contributed by atoms with E-state index < -0.39 is 17.9 Å². The minimum Gasteiger partial charge on any atom is -0.361 e. The molecule has 194 valence electrons. The van der Waals surface area contributed by atoms with E-state index in [-0.39, 0.29) is 5.41 Å². The summed E-state index contributed by atoms with van der Waals surface area (Å²) in [4.78, 5) is 33.9. The number of benzene rings is 2. The number of nitrogens with one attached hydrogen (secondary N) is 3. The Morgan fingerprint density at radius 1 is 0.947 bits per heavy atom. The third-order valence-corrected chi connectivity index (χ3v) is 9.31. The molecule has 0 radical (unpaired) electrons. The molecule has 5 N–H and O–H groups in total. The van der Waals surface area contributed by atoms with E-state index in [0.717, 1.165) is 45.1 Å². The molecule has 38 heavy (non-hydrogen) atoms. The van der Waals surface area contributed by atoms with Crippen molar-refractivity contribution in [2.75, 3.05) is 0 Å². The summed E-state index contributed by atoms with van der Waals surface area (Å²) >= 11 is 0. The molecule has 1 atom stereocenters. The molecule has 0 aliphatic heterocycles. The molecule has 4 aliphatic carbocycles. The van der Waals surface area contributed by atoms with E-state index in [1.807, 2.05) is 48.7 Å². The number of carbonyl (C=O) groups excluding carboxylic acids is 2. The fraction of sp³-hybridized carbons (Fsp3) is 0.387. The van der Waals surface area contributed by atoms with Gasteiger partial charge in [0.05, 0.1) is 11.6 Å². The van der Waals surface area contributed by atoms with Crippen LogP contribution in [0.5, 0.6) is 0 Å². The molecule has 7 nitrogen and oxygen atoms in total. The molecule has 2 aromatic heterocycles. The van der Waals surface area contributed by atoms with Gasteiger partial charge in [0, 0.05) is 22.5 Å². The lowest BCUT2D eigenvalue weighted by Gasteiger charge is -2.57. The number of hydrogen-bond acceptors (Lipinski definition) is 4. The van der Waals surface area contributed by atoms with Crippen molar-refractivity contribution in [1.29, 1.82) is 0 Å². The van der Waals surface area contributed by atoms with Crippen molar-refractivity contribution in [2.45, 2.75) is 56.4 Å². The van der Waals surface area contributed by atoms with Gasteiger partial charge in [-0.2, -0.15) is 0 Å². The first-order valence-electron chi connectivity index (χ1n) is 13.8. The monoisotopic (exact) mass is 507 g/mol. The van der Waals surface area contributed by atoms with Crippen molar-refractivity contribution < 1.29 is 9.59 Å². The summed E-state index contributed by atoms with van der Waals surface area (Å²) in [5.74, 6) is 1.52. The van der Waals surface area contributed by atoms with Crippen LogP contribution in [0, 0.1) is 17.8 Å². The molecule has 4 aromatic rings. The number of hydrazine groups is 1. The Morgan fingerprint density at radius 2 is 1.61 bits per heavy atom. The molecule has 2 aromatic carbocycles. The Labute approximate surface area is 221 Å². The SMILES string of the molecule is N[C@H](Cc1c[nH]c2ccccc12)C(=O)NNC(=O)c1cc(C23CC4CC(CC(C4)C2)C3)c2ccccc2n1. The Kier molecular flexibility index (Phi) is 5.51. The minimum atomic E-state index is -0.804. The summed E-state index contributed by atoms with van der Waals surface area (Å²) in [6.45, 7) is 0. The third kappa shape index (κ3) is 3.97. The van der Waals surface area contributed by atoms with Crippen LogP contribution in [0.4, 0.5) is 0 Å². The predicted molar refractivity (Wildman–Crippen MR) is 147 cm³/mol. The first-order valence-corrected chi connectivity index (χ1v) is 13.8. The first-order chi connectivity index (χ1) is 18.5. The molecule has 0 saturated heterocycles. The topological polar surface area (TPSA) is 113 Å². The van der Waals surface area contributed by atoms with Gasteiger partial charge >= 0.3 is 0 Å². The highest BCUT2D eigenvalue weighted by molar-refractivity contribution is 5.97. The van der Waals surface area contributed by atoms with E-state index in [4.69, 9.17) is 5.73 Å². The number of aromatic nitrogens is 2. The lowest BCUT2D eigenvalue weighted by Crippen LogP contribution is -2.50. The van der Waals surface area contributed by atoms with Crippen molar-refractivity contribution in [3.05, 3.63) is 77.6 Å². The van der Waals surface area contributed by atoms with Gasteiger partial charge in [0.25, 0.3) is 11.8 Å². The summed E-state index contributed by atoms with van der Waals surface area (Å²) < 4.78 is 0. The number of H-pyrrole nitrogens is 1. The van der Waals surface area contributed by atoms with Gasteiger partial charge in [0.1, 0.15) is 5.69 Å². The number of para-hydroxylation sites is 2. The quantitative estimate of drug-likeness (QED) is 0.298. The lowest BCUT2D eigenvalue weighted by atomic mass is 9.48. The maximum atomic E-state index is 13.3. The summed E-state index contributed by atoms with van der Waals surface area (Å²) in [6, 6.07) is 17.2. The van der Waals surface area contributed by atoms with Crippen LogP contribution in [-0.2, 0) is 16.6 Å². The van der Waals surface area contributed by atoms with E-state index in [2.05, 4.69) is 33.0 Å². The zero-order chi connectivity index (χ0) is 25.9. The van der Waals surface area contributed by atoms with Gasteiger partial charge in [-0.25, -0.2) is 4.98 Å². The normalized spacial score (nSPS) is 26.5. The number of fused-ring (bicyclic) bond motifs is 2. The number of hydrogen-bond donors (Lipinski definition) is 4. The molecule has 7 heteroatoms. The van der Waals surface area contributed by atoms with Crippen LogP contribution in [0.15, 0.2) is 60.8 Å². The van der Waals surface area contributed by atoms with Crippen LogP contribution in [0.1, 0.15) is 60.1 Å². The highest BCUT2D eigenvalue weighted by Crippen LogP contribution is 2.61. The number of amides is 2. The number of pyridine rings is 1. The molecule has 4 bridgehead atoms. The second-order valence-electron chi connectivity index (χ2n) is 11.9. The second-order valence-corrected chi connectivity index (χ2v) is 11.9. The van der Waals surface area contributed by atoms with E-state index in [1.54, 1.807) is 0 Å². The van der Waals surface area contributed by atoms with Crippen molar-refractivity contribution in [3.8, 4) is 0 Å². The van der Waals surface area contributed by atoms with Gasteiger partial charge < -0.3 is 10.7 Å². The minimum absolute atomic E-state index is 0.122. The molecule has 4 aliphatic rings. The standard InChI is InChI=1S/C31H33N5O2/c32-25(12-21-17-33-26-7-3-1-5-22(21)26)29(37)35-36-30(38)28-13-24(23-6-2-4-8-27(23)34-28)31-14-18-9-19(15-31)11-20(10-18)16-31/h1-8,13,17-20,25,33H,9-12,14-16,32H2,(H,35,37)(H,36,38)/t18?,19?,20?,25-,31?/m1/s1. The molecular weight excluding hydrogens is 474 g/mol. The third-order valence-electron chi connectivity index (χ3n) is 9.31. The van der Waals surface area contributed by atoms with Gasteiger partial charge in [0.2, 0.25) is 0 Å². The summed E-state index contributed by atoms with van der Waals surface area (Å²) in [5.41, 5.74) is 15.8. The first kappa shape index (κ1) is 23.4. The van der Waals surface area contributed by atoms with Crippen LogP contribution >= 0.6 is 0 Å². The number of carbonyl (C=O) groups is 2. The highest BCUT2D eigenvalue weighted by atomic mass is 16.2. The fourth-order valence-electron chi connectivity index (χ4n) is 8.08. The molecule has 0 unspecified atom stereocenters. The largest absolute Gasteiger partial charge is 0.361 e. The molecule has 2 amide bonds. The molecule has 4 saturated carbocycles. The van der Waals surface area contributed by atoms with Crippen molar-refractivity contribution in [1.82, 2.24) is 20.8 Å². The lowest BCUT2D eigenvalue weighted by molar-refractivity contribution is -0.123. The van der Waals surface area contributed by atoms with Crippen molar-refractivity contribution >= 4 is 33.6 Å². The van der Waals surface area contributed by atoms with E-state index in [9.17, 15) is 9.59 Å². The Hall–Kier alpha value is -3.71. The van der Waals surface area contributed by atoms with Gasteiger partial charge in [-0.3, -0.25) is 20.4 Å². The summed E-state index contributed by atoms with van der Waals surface area (Å²) in [5, 5.41) is 2.19. The molecule has 2 heterocycles. The number of nitrogens with zero attached hydrogens (tertiary/aromatic N) is 1. The molecular formula is C31H33N5O2. The Balaban J connectivity index is 1.10. The maximum Gasteiger partial charge on any atom is 0.288 e. The zero-order valence-electron chi connectivity index (χ0n) is 21.4. The smallest absolute Gasteiger partial charge is 0.288 e. The number of rotatable bonds is 5. The Morgan fingerprint density at radius 3 is 2.34 bits per heavy atom. The van der Waals surface area contributed by atoms with Crippen molar-refractivity contribution in [2.24, 2.45) is 23.5 Å². The van der Waals surface area contributed by atoms with Crippen LogP contribution < -0.4 is 16.6 Å². The van der Waals surface area contributed by atoms with Gasteiger partial charge in [-0.05, 0) is 97.4 Å². The van der Waals surface area contributed by atoms with E-state index >= 15 is 0 Å². The van der Waals surface area contributed by atoms with Crippen LogP contribution in [-0.4, -0.2) is 27.8 Å². The van der Waals surface area contributed by atoms with Gasteiger partial charge in [0.15, 0.2) is 0 Å². The summed E-state index contributed by atoms with van der Waals surface area (Å²) in [6.07, 6.45) is 9.92. The van der Waals surface area contributed by atoms with Gasteiger partial charge in [-0.1, -0.05) is 36.4 Å². The van der Waals surface area contributed by atoms with E-state index in [1.165, 1.54) is 44.1 Å². The summed E-state index contributed by atoms with van der Waals surface area (Å²) in [7, 11) is 0. The average Bonchev–Trinajstić information content (AvgIpc) is 3.32. The van der Waals surface area contributed by atoms with E-state index in [0.29, 0.717) is 12.1 Å².